The van der Waals surface area contributed by atoms with E-state index in [-0.39, 0.29) is 11.9 Å². The number of hydrogen-bond acceptors (Lipinski definition) is 6. The quantitative estimate of drug-likeness (QED) is 0.536. The smallest absolute Gasteiger partial charge is 0.246 e. The Balaban J connectivity index is 1.45. The molecule has 1 saturated carbocycles. The zero-order valence-electron chi connectivity index (χ0n) is 17.7. The Kier molecular flexibility index (Phi) is 5.40. The van der Waals surface area contributed by atoms with Crippen LogP contribution < -0.4 is 10.1 Å². The van der Waals surface area contributed by atoms with E-state index in [9.17, 15) is 4.79 Å². The fourth-order valence-electron chi connectivity index (χ4n) is 4.52. The minimum Gasteiger partial charge on any atom is -0.475 e. The molecule has 31 heavy (non-hydrogen) atoms. The number of anilines is 2. The van der Waals surface area contributed by atoms with Gasteiger partial charge in [0.15, 0.2) is 5.13 Å². The van der Waals surface area contributed by atoms with Gasteiger partial charge >= 0.3 is 0 Å². The molecular weight excluding hydrogens is 410 g/mol. The lowest BCUT2D eigenvalue weighted by molar-refractivity contribution is -0.134. The minimum atomic E-state index is -0.0418. The molecule has 5 rings (SSSR count). The van der Waals surface area contributed by atoms with Crippen LogP contribution in [-0.2, 0) is 4.79 Å². The van der Waals surface area contributed by atoms with E-state index in [1.807, 2.05) is 13.1 Å². The monoisotopic (exact) mass is 437 g/mol. The lowest BCUT2D eigenvalue weighted by Crippen LogP contribution is -2.53. The van der Waals surface area contributed by atoms with Crippen molar-refractivity contribution in [1.82, 2.24) is 19.4 Å². The van der Waals surface area contributed by atoms with Gasteiger partial charge in [-0.15, -0.1) is 11.3 Å². The molecule has 4 heterocycles. The van der Waals surface area contributed by atoms with E-state index >= 15 is 0 Å². The Hall–Kier alpha value is -2.87. The summed E-state index contributed by atoms with van der Waals surface area (Å²) < 4.78 is 8.57. The van der Waals surface area contributed by atoms with Crippen molar-refractivity contribution < 1.29 is 9.53 Å². The van der Waals surface area contributed by atoms with Crippen LogP contribution in [0.5, 0.6) is 5.88 Å². The number of rotatable bonds is 7. The molecule has 1 aliphatic heterocycles. The van der Waals surface area contributed by atoms with Gasteiger partial charge in [0.05, 0.1) is 16.9 Å². The molecule has 7 nitrogen and oxygen atoms in total. The highest BCUT2D eigenvalue weighted by molar-refractivity contribution is 7.15. The molecule has 1 aliphatic carbocycles. The first kappa shape index (κ1) is 20.1. The van der Waals surface area contributed by atoms with Crippen LogP contribution in [0.4, 0.5) is 10.9 Å². The third-order valence-electron chi connectivity index (χ3n) is 6.27. The highest BCUT2D eigenvalue weighted by Gasteiger charge is 2.31. The summed E-state index contributed by atoms with van der Waals surface area (Å²) in [6, 6.07) is 4.78. The standard InChI is InChI=1S/C23H27N5O2S/c1-3-21(29)28-10-8-17(28)14-30-22-18-9-11-27(16-6-4-5-7-16)19(18)12-20(25-22)26-23-24-13-15(2)31-23/h3,9,11-13,16-17H,1,4-8,10,14H2,2H3,(H,24,25,26)/t17-/m1/s1. The van der Waals surface area contributed by atoms with E-state index in [1.165, 1.54) is 31.8 Å². The average Bonchev–Trinajstić information content (AvgIpc) is 3.48. The molecule has 1 saturated heterocycles. The molecule has 1 atom stereocenters. The summed E-state index contributed by atoms with van der Waals surface area (Å²) in [5, 5.41) is 5.17. The second-order valence-corrected chi connectivity index (χ2v) is 9.53. The van der Waals surface area contributed by atoms with Crippen LogP contribution in [0.15, 0.2) is 37.2 Å². The lowest BCUT2D eigenvalue weighted by Gasteiger charge is -2.39. The molecule has 2 fully saturated rings. The average molecular weight is 438 g/mol. The van der Waals surface area contributed by atoms with Crippen LogP contribution in [0.2, 0.25) is 0 Å². The van der Waals surface area contributed by atoms with Crippen molar-refractivity contribution in [3.05, 3.63) is 42.1 Å². The van der Waals surface area contributed by atoms with Gasteiger partial charge in [-0.05, 0) is 38.3 Å². The summed E-state index contributed by atoms with van der Waals surface area (Å²) in [5.41, 5.74) is 1.13. The van der Waals surface area contributed by atoms with E-state index in [4.69, 9.17) is 9.72 Å². The summed E-state index contributed by atoms with van der Waals surface area (Å²) in [5.74, 6) is 1.28. The molecule has 1 N–H and O–H groups in total. The van der Waals surface area contributed by atoms with E-state index in [2.05, 4.69) is 39.8 Å². The predicted molar refractivity (Wildman–Crippen MR) is 123 cm³/mol. The number of likely N-dealkylation sites (tertiary alicyclic amines) is 1. The van der Waals surface area contributed by atoms with Crippen molar-refractivity contribution in [2.45, 2.75) is 51.1 Å². The summed E-state index contributed by atoms with van der Waals surface area (Å²) in [6.45, 7) is 6.81. The molecule has 162 valence electrons. The minimum absolute atomic E-state index is 0.0418. The van der Waals surface area contributed by atoms with Crippen molar-refractivity contribution in [2.24, 2.45) is 0 Å². The third kappa shape index (κ3) is 3.92. The van der Waals surface area contributed by atoms with Gasteiger partial charge in [-0.2, -0.15) is 4.98 Å². The van der Waals surface area contributed by atoms with Crippen LogP contribution in [0.25, 0.3) is 10.9 Å². The molecule has 0 spiro atoms. The van der Waals surface area contributed by atoms with Gasteiger partial charge in [0.25, 0.3) is 0 Å². The van der Waals surface area contributed by atoms with Gasteiger partial charge in [-0.25, -0.2) is 4.98 Å². The second-order valence-electron chi connectivity index (χ2n) is 8.30. The van der Waals surface area contributed by atoms with E-state index in [1.54, 1.807) is 16.2 Å². The topological polar surface area (TPSA) is 72.3 Å². The molecule has 3 aromatic heterocycles. The highest BCUT2D eigenvalue weighted by atomic mass is 32.1. The third-order valence-corrected chi connectivity index (χ3v) is 7.10. The Labute approximate surface area is 185 Å². The second kappa shape index (κ2) is 8.34. The lowest BCUT2D eigenvalue weighted by atomic mass is 10.0. The van der Waals surface area contributed by atoms with Gasteiger partial charge in [0.1, 0.15) is 12.4 Å². The molecule has 3 aromatic rings. The van der Waals surface area contributed by atoms with E-state index < -0.39 is 0 Å². The number of nitrogens with one attached hydrogen (secondary N) is 1. The number of aryl methyl sites for hydroxylation is 1. The van der Waals surface area contributed by atoms with Gasteiger partial charge in [-0.1, -0.05) is 19.4 Å². The van der Waals surface area contributed by atoms with Crippen LogP contribution in [0.3, 0.4) is 0 Å². The van der Waals surface area contributed by atoms with Crippen molar-refractivity contribution >= 4 is 39.1 Å². The first-order valence-electron chi connectivity index (χ1n) is 10.9. The Bertz CT molecular complexity index is 1110. The van der Waals surface area contributed by atoms with Crippen LogP contribution in [-0.4, -0.2) is 44.5 Å². The number of aromatic nitrogens is 3. The van der Waals surface area contributed by atoms with Gasteiger partial charge < -0.3 is 19.5 Å². The number of carbonyl (C=O) groups excluding carboxylic acids is 1. The molecule has 0 unspecified atom stereocenters. The predicted octanol–water partition coefficient (Wildman–Crippen LogP) is 4.83. The SMILES string of the molecule is C=CC(=O)N1CC[C@@H]1COc1nc(Nc2ncc(C)s2)cc2c1ccn2C1CCCC1. The zero-order valence-corrected chi connectivity index (χ0v) is 18.5. The largest absolute Gasteiger partial charge is 0.475 e. The summed E-state index contributed by atoms with van der Waals surface area (Å²) in [6.07, 6.45) is 11.3. The number of nitrogens with zero attached hydrogens (tertiary/aromatic N) is 4. The fourth-order valence-corrected chi connectivity index (χ4v) is 5.19. The Morgan fingerprint density at radius 1 is 1.39 bits per heavy atom. The summed E-state index contributed by atoms with van der Waals surface area (Å²) >= 11 is 1.60. The van der Waals surface area contributed by atoms with E-state index in [0.717, 1.165) is 39.7 Å². The first-order chi connectivity index (χ1) is 15.1. The van der Waals surface area contributed by atoms with Gasteiger partial charge in [0, 0.05) is 35.9 Å². The number of hydrogen-bond donors (Lipinski definition) is 1. The van der Waals surface area contributed by atoms with Crippen LogP contribution in [0, 0.1) is 6.92 Å². The Morgan fingerprint density at radius 2 is 2.23 bits per heavy atom. The molecule has 0 bridgehead atoms. The maximum absolute atomic E-state index is 12.0. The molecular formula is C23H27N5O2S. The van der Waals surface area contributed by atoms with Crippen molar-refractivity contribution in [2.75, 3.05) is 18.5 Å². The normalized spacial score (nSPS) is 18.9. The molecule has 0 radical (unpaired) electrons. The molecule has 8 heteroatoms. The van der Waals surface area contributed by atoms with Crippen LogP contribution in [0.1, 0.15) is 43.0 Å². The van der Waals surface area contributed by atoms with Gasteiger partial charge in [-0.3, -0.25) is 4.79 Å². The Morgan fingerprint density at radius 3 is 2.90 bits per heavy atom. The molecule has 2 aliphatic rings. The summed E-state index contributed by atoms with van der Waals surface area (Å²) in [4.78, 5) is 24.1. The van der Waals surface area contributed by atoms with Crippen LogP contribution >= 0.6 is 11.3 Å². The highest BCUT2D eigenvalue weighted by Crippen LogP contribution is 2.37. The number of pyridine rings is 1. The number of amides is 1. The molecule has 1 amide bonds. The molecule has 0 aromatic carbocycles. The fraction of sp³-hybridized carbons (Fsp3) is 0.435. The maximum Gasteiger partial charge on any atom is 0.246 e. The number of carbonyl (C=O) groups is 1. The zero-order chi connectivity index (χ0) is 21.4. The number of fused-ring (bicyclic) bond motifs is 1. The number of ether oxygens (including phenoxy) is 1. The maximum atomic E-state index is 12.0. The van der Waals surface area contributed by atoms with Crippen molar-refractivity contribution in [3.8, 4) is 5.88 Å². The van der Waals surface area contributed by atoms with E-state index in [0.29, 0.717) is 18.5 Å². The van der Waals surface area contributed by atoms with Gasteiger partial charge in [0.2, 0.25) is 11.8 Å². The van der Waals surface area contributed by atoms with Crippen molar-refractivity contribution in [1.29, 1.82) is 0 Å². The first-order valence-corrected chi connectivity index (χ1v) is 11.7. The summed E-state index contributed by atoms with van der Waals surface area (Å²) in [7, 11) is 0. The van der Waals surface area contributed by atoms with Crippen molar-refractivity contribution in [3.63, 3.8) is 0 Å². The number of thiazole rings is 1.